The summed E-state index contributed by atoms with van der Waals surface area (Å²) in [5.41, 5.74) is 0.458. The largest absolute Gasteiger partial charge is 0.319 e. The van der Waals surface area contributed by atoms with E-state index in [1.807, 2.05) is 7.05 Å². The van der Waals surface area contributed by atoms with Crippen molar-refractivity contribution < 1.29 is 8.78 Å². The summed E-state index contributed by atoms with van der Waals surface area (Å²) in [5, 5.41) is 3.18. The van der Waals surface area contributed by atoms with Crippen molar-refractivity contribution >= 4 is 12.4 Å². The smallest absolute Gasteiger partial charge is 0.163 e. The van der Waals surface area contributed by atoms with Gasteiger partial charge < -0.3 is 5.32 Å². The summed E-state index contributed by atoms with van der Waals surface area (Å²) in [6, 6.07) is 4.40. The maximum absolute atomic E-state index is 13.6. The standard InChI is InChI=1S/C14H20F2N2.ClH/c1-17-8-11-4-3-7-18(9-11)10-12-5-2-6-13(15)14(12)16;/h2,5-6,11,17H,3-4,7-10H2,1H3;1H. The van der Waals surface area contributed by atoms with E-state index in [-0.39, 0.29) is 12.4 Å². The van der Waals surface area contributed by atoms with Gasteiger partial charge in [-0.3, -0.25) is 4.90 Å². The van der Waals surface area contributed by atoms with Crippen LogP contribution < -0.4 is 5.32 Å². The van der Waals surface area contributed by atoms with Crippen LogP contribution in [0.5, 0.6) is 0 Å². The summed E-state index contributed by atoms with van der Waals surface area (Å²) < 4.78 is 26.7. The number of rotatable bonds is 4. The van der Waals surface area contributed by atoms with E-state index in [1.165, 1.54) is 12.5 Å². The van der Waals surface area contributed by atoms with Gasteiger partial charge in [0.2, 0.25) is 0 Å². The lowest BCUT2D eigenvalue weighted by atomic mass is 9.97. The Morgan fingerprint density at radius 1 is 1.37 bits per heavy atom. The van der Waals surface area contributed by atoms with Crippen LogP contribution >= 0.6 is 12.4 Å². The van der Waals surface area contributed by atoms with Gasteiger partial charge in [-0.1, -0.05) is 12.1 Å². The van der Waals surface area contributed by atoms with E-state index in [4.69, 9.17) is 0 Å². The van der Waals surface area contributed by atoms with E-state index in [1.54, 1.807) is 12.1 Å². The zero-order valence-electron chi connectivity index (χ0n) is 11.2. The first-order valence-electron chi connectivity index (χ1n) is 6.50. The molecule has 2 rings (SSSR count). The summed E-state index contributed by atoms with van der Waals surface area (Å²) in [6.45, 7) is 3.42. The predicted molar refractivity (Wildman–Crippen MR) is 75.5 cm³/mol. The number of benzene rings is 1. The predicted octanol–water partition coefficient (Wildman–Crippen LogP) is 2.82. The van der Waals surface area contributed by atoms with Crippen LogP contribution in [-0.4, -0.2) is 31.6 Å². The molecule has 1 saturated heterocycles. The molecule has 1 N–H and O–H groups in total. The lowest BCUT2D eigenvalue weighted by Gasteiger charge is -2.32. The quantitative estimate of drug-likeness (QED) is 0.917. The second kappa shape index (κ2) is 7.78. The van der Waals surface area contributed by atoms with Crippen LogP contribution in [0.15, 0.2) is 18.2 Å². The van der Waals surface area contributed by atoms with Crippen LogP contribution in [0.3, 0.4) is 0 Å². The highest BCUT2D eigenvalue weighted by atomic mass is 35.5. The fraction of sp³-hybridized carbons (Fsp3) is 0.571. The number of halogens is 3. The van der Waals surface area contributed by atoms with Crippen molar-refractivity contribution in [2.45, 2.75) is 19.4 Å². The minimum Gasteiger partial charge on any atom is -0.319 e. The van der Waals surface area contributed by atoms with Crippen LogP contribution in [-0.2, 0) is 6.54 Å². The fourth-order valence-corrected chi connectivity index (χ4v) is 2.66. The normalized spacial score (nSPS) is 20.1. The van der Waals surface area contributed by atoms with E-state index < -0.39 is 11.6 Å². The molecule has 2 nitrogen and oxygen atoms in total. The third-order valence-corrected chi connectivity index (χ3v) is 3.52. The molecule has 0 bridgehead atoms. The van der Waals surface area contributed by atoms with Crippen molar-refractivity contribution in [1.29, 1.82) is 0 Å². The molecule has 108 valence electrons. The molecule has 1 fully saturated rings. The molecule has 1 heterocycles. The number of nitrogens with zero attached hydrogens (tertiary/aromatic N) is 1. The van der Waals surface area contributed by atoms with E-state index >= 15 is 0 Å². The van der Waals surface area contributed by atoms with Gasteiger partial charge in [-0.05, 0) is 45.0 Å². The first kappa shape index (κ1) is 16.3. The van der Waals surface area contributed by atoms with Crippen LogP contribution in [0.25, 0.3) is 0 Å². The molecule has 0 amide bonds. The minimum absolute atomic E-state index is 0. The fourth-order valence-electron chi connectivity index (χ4n) is 2.66. The van der Waals surface area contributed by atoms with Crippen LogP contribution in [0.4, 0.5) is 8.78 Å². The molecule has 0 saturated carbocycles. The summed E-state index contributed by atoms with van der Waals surface area (Å²) in [4.78, 5) is 2.21. The second-order valence-electron chi connectivity index (χ2n) is 5.01. The lowest BCUT2D eigenvalue weighted by molar-refractivity contribution is 0.165. The van der Waals surface area contributed by atoms with Crippen molar-refractivity contribution in [2.75, 3.05) is 26.7 Å². The van der Waals surface area contributed by atoms with Crippen molar-refractivity contribution in [3.05, 3.63) is 35.4 Å². The third kappa shape index (κ3) is 4.41. The number of nitrogens with one attached hydrogen (secondary N) is 1. The number of hydrogen-bond acceptors (Lipinski definition) is 2. The topological polar surface area (TPSA) is 15.3 Å². The maximum atomic E-state index is 13.6. The molecule has 19 heavy (non-hydrogen) atoms. The highest BCUT2D eigenvalue weighted by Gasteiger charge is 2.20. The Morgan fingerprint density at radius 2 is 2.16 bits per heavy atom. The Hall–Kier alpha value is -0.710. The molecule has 0 aliphatic carbocycles. The van der Waals surface area contributed by atoms with Crippen LogP contribution in [0, 0.1) is 17.6 Å². The molecule has 1 aromatic carbocycles. The van der Waals surface area contributed by atoms with E-state index in [9.17, 15) is 8.78 Å². The summed E-state index contributed by atoms with van der Waals surface area (Å²) in [6.07, 6.45) is 2.34. The Morgan fingerprint density at radius 3 is 2.89 bits per heavy atom. The van der Waals surface area contributed by atoms with E-state index in [0.717, 1.165) is 26.1 Å². The average Bonchev–Trinajstić information content (AvgIpc) is 2.36. The van der Waals surface area contributed by atoms with Crippen LogP contribution in [0.1, 0.15) is 18.4 Å². The third-order valence-electron chi connectivity index (χ3n) is 3.52. The van der Waals surface area contributed by atoms with Gasteiger partial charge in [0.05, 0.1) is 0 Å². The number of piperidine rings is 1. The zero-order chi connectivity index (χ0) is 13.0. The van der Waals surface area contributed by atoms with Crippen molar-refractivity contribution in [3.63, 3.8) is 0 Å². The number of likely N-dealkylation sites (tertiary alicyclic amines) is 1. The minimum atomic E-state index is -0.753. The molecule has 0 aromatic heterocycles. The van der Waals surface area contributed by atoms with E-state index in [2.05, 4.69) is 10.2 Å². The first-order valence-corrected chi connectivity index (χ1v) is 6.50. The van der Waals surface area contributed by atoms with Crippen LogP contribution in [0.2, 0.25) is 0 Å². The van der Waals surface area contributed by atoms with Crippen molar-refractivity contribution in [1.82, 2.24) is 10.2 Å². The van der Waals surface area contributed by atoms with E-state index in [0.29, 0.717) is 18.0 Å². The second-order valence-corrected chi connectivity index (χ2v) is 5.01. The van der Waals surface area contributed by atoms with Gasteiger partial charge in [-0.2, -0.15) is 0 Å². The van der Waals surface area contributed by atoms with Crippen molar-refractivity contribution in [3.8, 4) is 0 Å². The molecule has 1 unspecified atom stereocenters. The van der Waals surface area contributed by atoms with Gasteiger partial charge >= 0.3 is 0 Å². The molecule has 1 aromatic rings. The van der Waals surface area contributed by atoms with Gasteiger partial charge in [0.1, 0.15) is 0 Å². The molecular formula is C14H21ClF2N2. The highest BCUT2D eigenvalue weighted by Crippen LogP contribution is 2.20. The van der Waals surface area contributed by atoms with Gasteiger partial charge in [-0.25, -0.2) is 8.78 Å². The molecule has 0 radical (unpaired) electrons. The molecule has 5 heteroatoms. The Bertz CT molecular complexity index is 399. The first-order chi connectivity index (χ1) is 8.70. The molecule has 0 spiro atoms. The van der Waals surface area contributed by atoms with Gasteiger partial charge in [-0.15, -0.1) is 12.4 Å². The Balaban J connectivity index is 0.00000180. The summed E-state index contributed by atoms with van der Waals surface area (Å²) in [7, 11) is 1.95. The highest BCUT2D eigenvalue weighted by molar-refractivity contribution is 5.85. The number of hydrogen-bond donors (Lipinski definition) is 1. The Labute approximate surface area is 119 Å². The molecule has 1 aliphatic rings. The van der Waals surface area contributed by atoms with Gasteiger partial charge in [0, 0.05) is 18.7 Å². The zero-order valence-corrected chi connectivity index (χ0v) is 12.0. The monoisotopic (exact) mass is 290 g/mol. The maximum Gasteiger partial charge on any atom is 0.163 e. The molecular weight excluding hydrogens is 270 g/mol. The summed E-state index contributed by atoms with van der Waals surface area (Å²) >= 11 is 0. The van der Waals surface area contributed by atoms with Gasteiger partial charge in [0.15, 0.2) is 11.6 Å². The molecule has 1 atom stereocenters. The van der Waals surface area contributed by atoms with Gasteiger partial charge in [0.25, 0.3) is 0 Å². The summed E-state index contributed by atoms with van der Waals surface area (Å²) in [5.74, 6) is -0.843. The lowest BCUT2D eigenvalue weighted by Crippen LogP contribution is -2.38. The Kier molecular flexibility index (Phi) is 6.69. The SMILES string of the molecule is CNCC1CCCN(Cc2cccc(F)c2F)C1.Cl. The average molecular weight is 291 g/mol. The van der Waals surface area contributed by atoms with Crippen molar-refractivity contribution in [2.24, 2.45) is 5.92 Å². The molecule has 1 aliphatic heterocycles.